The van der Waals surface area contributed by atoms with Gasteiger partial charge in [0.15, 0.2) is 0 Å². The smallest absolute Gasteiger partial charge is 0.410 e. The van der Waals surface area contributed by atoms with E-state index in [2.05, 4.69) is 45.3 Å². The Balaban J connectivity index is 0.000000765. The average Bonchev–Trinajstić information content (AvgIpc) is 3.27. The second kappa shape index (κ2) is 17.2. The lowest BCUT2D eigenvalue weighted by Crippen LogP contribution is -2.61. The lowest BCUT2D eigenvalue weighted by molar-refractivity contribution is -0.154. The van der Waals surface area contributed by atoms with Gasteiger partial charge in [-0.2, -0.15) is 0 Å². The molecule has 1 saturated carbocycles. The summed E-state index contributed by atoms with van der Waals surface area (Å²) in [5.41, 5.74) is 3.84. The number of urea groups is 1. The second-order valence-electron chi connectivity index (χ2n) is 20.9. The first kappa shape index (κ1) is 48.7. The van der Waals surface area contributed by atoms with Crippen LogP contribution in [0.4, 0.5) is 14.4 Å². The number of methoxy groups -OCH3 is 1. The molecule has 0 unspecified atom stereocenters. The van der Waals surface area contributed by atoms with Crippen LogP contribution in [0.5, 0.6) is 0 Å². The van der Waals surface area contributed by atoms with Gasteiger partial charge >= 0.3 is 24.2 Å². The van der Waals surface area contributed by atoms with Crippen LogP contribution < -0.4 is 16.4 Å². The van der Waals surface area contributed by atoms with Crippen LogP contribution in [0.15, 0.2) is 0 Å². The van der Waals surface area contributed by atoms with Crippen LogP contribution in [0.25, 0.3) is 0 Å². The number of likely N-dealkylation sites (tertiary alicyclic amines) is 1. The zero-order valence-corrected chi connectivity index (χ0v) is 37.3. The molecule has 1 aliphatic carbocycles. The number of nitrogens with two attached hydrogens (primary N) is 1. The van der Waals surface area contributed by atoms with Crippen LogP contribution in [0.1, 0.15) is 118 Å². The maximum Gasteiger partial charge on any atom is 0.410 e. The number of carbonyl (C=O) groups is 5. The Kier molecular flexibility index (Phi) is 15.6. The fourth-order valence-electron chi connectivity index (χ4n) is 6.26. The van der Waals surface area contributed by atoms with Crippen molar-refractivity contribution in [3.05, 3.63) is 0 Å². The van der Waals surface area contributed by atoms with E-state index < -0.39 is 58.3 Å². The molecule has 2 aliphatic rings. The van der Waals surface area contributed by atoms with Crippen LogP contribution in [-0.2, 0) is 23.8 Å². The molecule has 1 aliphatic heterocycles. The largest absolute Gasteiger partial charge is 0.467 e. The Morgan fingerprint density at radius 3 is 1.56 bits per heavy atom. The number of ether oxygens (including phenoxy) is 3. The minimum Gasteiger partial charge on any atom is -0.467 e. The number of nitrogens with zero attached hydrogens (tertiary/aromatic N) is 3. The maximum atomic E-state index is 13.8. The normalized spacial score (nSPS) is 21.2. The van der Waals surface area contributed by atoms with Crippen molar-refractivity contribution >= 4 is 30.1 Å². The summed E-state index contributed by atoms with van der Waals surface area (Å²) in [4.78, 5) is 68.5. The maximum absolute atomic E-state index is 13.8. The van der Waals surface area contributed by atoms with Crippen molar-refractivity contribution in [1.29, 1.82) is 0 Å². The molecule has 5 amide bonds. The van der Waals surface area contributed by atoms with Crippen molar-refractivity contribution in [3.63, 3.8) is 0 Å². The quantitative estimate of drug-likeness (QED) is 0.202. The number of esters is 1. The summed E-state index contributed by atoms with van der Waals surface area (Å²) in [5.74, 6) is -0.462. The summed E-state index contributed by atoms with van der Waals surface area (Å²) in [7, 11) is 4.67. The van der Waals surface area contributed by atoms with E-state index in [1.165, 1.54) is 16.9 Å². The van der Waals surface area contributed by atoms with Gasteiger partial charge in [-0.15, -0.1) is 0 Å². The molecule has 6 atom stereocenters. The van der Waals surface area contributed by atoms with Crippen molar-refractivity contribution in [2.24, 2.45) is 39.2 Å². The lowest BCUT2D eigenvalue weighted by atomic mass is 9.85. The molecule has 0 radical (unpaired) electrons. The molecule has 2 fully saturated rings. The number of piperidine rings is 1. The number of fused-ring (bicyclic) bond motifs is 1. The summed E-state index contributed by atoms with van der Waals surface area (Å²) in [6, 6.07) is -2.55. The van der Waals surface area contributed by atoms with E-state index in [4.69, 9.17) is 19.9 Å². The number of amides is 5. The predicted octanol–water partition coefficient (Wildman–Crippen LogP) is 5.86. The molecule has 0 aromatic rings. The highest BCUT2D eigenvalue weighted by atomic mass is 16.6. The first-order valence-corrected chi connectivity index (χ1v) is 19.0. The van der Waals surface area contributed by atoms with E-state index in [0.29, 0.717) is 13.1 Å². The third kappa shape index (κ3) is 14.1. The molecule has 4 N–H and O–H groups in total. The SMILES string of the molecule is CN(C[C@@H](N)C(C)(C)C)C(=O)OC(C)(C)C.COC(=O)[C@@H]1[C@@H]2[C@H](CN1C(=O)[C@@H](NC(=O)N[C@H](CN(C)C(=O)OC(C)(C)C)C(C)(C)C)C(C)(C)C)C2(C)C. The molecule has 1 heterocycles. The highest BCUT2D eigenvalue weighted by molar-refractivity contribution is 5.92. The van der Waals surface area contributed by atoms with Gasteiger partial charge in [-0.25, -0.2) is 19.2 Å². The summed E-state index contributed by atoms with van der Waals surface area (Å²) >= 11 is 0. The number of carbonyl (C=O) groups excluding carboxylic acids is 5. The summed E-state index contributed by atoms with van der Waals surface area (Å²) in [5, 5.41) is 5.84. The van der Waals surface area contributed by atoms with Gasteiger partial charge in [-0.05, 0) is 69.1 Å². The Morgan fingerprint density at radius 2 is 1.19 bits per heavy atom. The van der Waals surface area contributed by atoms with Crippen LogP contribution in [0.2, 0.25) is 0 Å². The molecule has 0 spiro atoms. The standard InChI is InChI=1S/C28H50N4O6.C12H26N2O2/c1-25(2,3)17(15-31(12)24(36)38-27(7,8)9)29-23(35)30-20(26(4,5)6)21(33)32-14-16-18(28(16,10)11)19(32)22(34)37-13;1-11(2,3)9(13)8-14(7)10(15)16-12(4,5)6/h16-20H,14-15H2,1-13H3,(H2,29,30,35);9H,8,13H2,1-7H3/t16-,17+,18-,19-,20+;9-/m01/s1. The van der Waals surface area contributed by atoms with Crippen LogP contribution in [0.3, 0.4) is 0 Å². The van der Waals surface area contributed by atoms with Crippen LogP contribution in [0, 0.1) is 33.5 Å². The number of likely N-dealkylation sites (N-methyl/N-ethyl adjacent to an activating group) is 2. The van der Waals surface area contributed by atoms with Crippen molar-refractivity contribution in [2.45, 2.75) is 153 Å². The summed E-state index contributed by atoms with van der Waals surface area (Å²) in [6.07, 6.45) is -0.812. The van der Waals surface area contributed by atoms with Gasteiger partial charge in [0.1, 0.15) is 23.3 Å². The van der Waals surface area contributed by atoms with E-state index in [9.17, 15) is 24.0 Å². The minimum atomic E-state index is -0.875. The lowest BCUT2D eigenvalue weighted by Gasteiger charge is -2.38. The van der Waals surface area contributed by atoms with Crippen molar-refractivity contribution in [1.82, 2.24) is 25.3 Å². The highest BCUT2D eigenvalue weighted by Gasteiger charge is 2.70. The van der Waals surface area contributed by atoms with Gasteiger partial charge < -0.3 is 45.3 Å². The Hall–Kier alpha value is -3.29. The molecule has 1 saturated heterocycles. The Bertz CT molecular complexity index is 1330. The molecule has 2 rings (SSSR count). The Labute approximate surface area is 326 Å². The van der Waals surface area contributed by atoms with Gasteiger partial charge in [0.05, 0.1) is 13.2 Å². The topological polar surface area (TPSA) is 173 Å². The molecule has 14 nitrogen and oxygen atoms in total. The molecule has 314 valence electrons. The van der Waals surface area contributed by atoms with Crippen molar-refractivity contribution < 1.29 is 38.2 Å². The number of rotatable bonds is 8. The average molecular weight is 769 g/mol. The highest BCUT2D eigenvalue weighted by Crippen LogP contribution is 2.65. The molecule has 0 aromatic heterocycles. The van der Waals surface area contributed by atoms with Gasteiger partial charge in [0, 0.05) is 45.7 Å². The Morgan fingerprint density at radius 1 is 0.741 bits per heavy atom. The van der Waals surface area contributed by atoms with Crippen LogP contribution >= 0.6 is 0 Å². The number of hydrogen-bond acceptors (Lipinski definition) is 9. The second-order valence-corrected chi connectivity index (χ2v) is 20.9. The van der Waals surface area contributed by atoms with E-state index in [1.54, 1.807) is 39.8 Å². The molecule has 14 heteroatoms. The minimum absolute atomic E-state index is 0.0176. The molecular formula is C40H76N6O8. The van der Waals surface area contributed by atoms with E-state index in [1.807, 2.05) is 62.3 Å². The van der Waals surface area contributed by atoms with Gasteiger partial charge in [-0.3, -0.25) is 4.79 Å². The van der Waals surface area contributed by atoms with Crippen molar-refractivity contribution in [2.75, 3.05) is 40.8 Å². The van der Waals surface area contributed by atoms with Gasteiger partial charge in [-0.1, -0.05) is 76.2 Å². The summed E-state index contributed by atoms with van der Waals surface area (Å²) < 4.78 is 15.7. The first-order valence-electron chi connectivity index (χ1n) is 19.0. The third-order valence-corrected chi connectivity index (χ3v) is 10.1. The third-order valence-electron chi connectivity index (χ3n) is 10.1. The van der Waals surface area contributed by atoms with E-state index >= 15 is 0 Å². The molecule has 0 aromatic carbocycles. The van der Waals surface area contributed by atoms with Gasteiger partial charge in [0.2, 0.25) is 5.91 Å². The fourth-order valence-corrected chi connectivity index (χ4v) is 6.26. The fraction of sp³-hybridized carbons (Fsp3) is 0.875. The number of nitrogens with one attached hydrogen (secondary N) is 2. The van der Waals surface area contributed by atoms with Crippen LogP contribution in [-0.4, -0.2) is 121 Å². The van der Waals surface area contributed by atoms with E-state index in [-0.39, 0.29) is 47.3 Å². The summed E-state index contributed by atoms with van der Waals surface area (Å²) in [6.45, 7) is 34.0. The van der Waals surface area contributed by atoms with Gasteiger partial charge in [0.25, 0.3) is 0 Å². The molecule has 0 bridgehead atoms. The molecule has 54 heavy (non-hydrogen) atoms. The van der Waals surface area contributed by atoms with Crippen molar-refractivity contribution in [3.8, 4) is 0 Å². The zero-order valence-electron chi connectivity index (χ0n) is 37.3. The zero-order chi connectivity index (χ0) is 42.7. The first-order chi connectivity index (χ1) is 24.0. The monoisotopic (exact) mass is 769 g/mol. The molecular weight excluding hydrogens is 692 g/mol. The number of hydrogen-bond donors (Lipinski definition) is 3. The van der Waals surface area contributed by atoms with E-state index in [0.717, 1.165) is 0 Å². The predicted molar refractivity (Wildman–Crippen MR) is 212 cm³/mol.